The van der Waals surface area contributed by atoms with Gasteiger partial charge in [-0.3, -0.25) is 4.90 Å². The van der Waals surface area contributed by atoms with Gasteiger partial charge in [0, 0.05) is 37.6 Å². The Morgan fingerprint density at radius 1 is 1.19 bits per heavy atom. The van der Waals surface area contributed by atoms with Crippen LogP contribution in [0.3, 0.4) is 0 Å². The van der Waals surface area contributed by atoms with E-state index in [1.807, 2.05) is 12.4 Å². The van der Waals surface area contributed by atoms with Crippen molar-refractivity contribution in [1.29, 1.82) is 0 Å². The van der Waals surface area contributed by atoms with Gasteiger partial charge in [0.25, 0.3) is 0 Å². The Kier molecular flexibility index (Phi) is 4.70. The summed E-state index contributed by atoms with van der Waals surface area (Å²) in [5.41, 5.74) is 1.46. The maximum Gasteiger partial charge on any atom is 0.222 e. The molecule has 0 atom stereocenters. The molecule has 2 fully saturated rings. The van der Waals surface area contributed by atoms with Crippen LogP contribution in [-0.4, -0.2) is 53.3 Å². The van der Waals surface area contributed by atoms with E-state index < -0.39 is 0 Å². The van der Waals surface area contributed by atoms with E-state index in [1.54, 1.807) is 0 Å². The standard InChI is InChI=1S/C16H26N4O/c1-2-14-11-17-15(18-12-14)19-13-16(5-3-4-6-16)20-7-9-21-10-8-20/h11-12H,2-10,13H2,1H3,(H,17,18,19). The zero-order valence-electron chi connectivity index (χ0n) is 13.0. The van der Waals surface area contributed by atoms with Crippen molar-refractivity contribution in [2.45, 2.75) is 44.6 Å². The summed E-state index contributed by atoms with van der Waals surface area (Å²) in [5, 5.41) is 3.47. The van der Waals surface area contributed by atoms with Crippen LogP contribution < -0.4 is 5.32 Å². The highest BCUT2D eigenvalue weighted by atomic mass is 16.5. The van der Waals surface area contributed by atoms with Gasteiger partial charge < -0.3 is 10.1 Å². The number of anilines is 1. The lowest BCUT2D eigenvalue weighted by molar-refractivity contribution is -0.0160. The van der Waals surface area contributed by atoms with E-state index in [2.05, 4.69) is 27.1 Å². The minimum absolute atomic E-state index is 0.274. The molecule has 1 aromatic heterocycles. The van der Waals surface area contributed by atoms with Gasteiger partial charge in [-0.1, -0.05) is 19.8 Å². The Morgan fingerprint density at radius 3 is 2.48 bits per heavy atom. The Labute approximate surface area is 127 Å². The summed E-state index contributed by atoms with van der Waals surface area (Å²) in [4.78, 5) is 11.5. The Morgan fingerprint density at radius 2 is 1.86 bits per heavy atom. The lowest BCUT2D eigenvalue weighted by Crippen LogP contribution is -2.55. The van der Waals surface area contributed by atoms with Gasteiger partial charge in [-0.05, 0) is 24.8 Å². The Balaban J connectivity index is 1.64. The van der Waals surface area contributed by atoms with Crippen LogP contribution in [0.4, 0.5) is 5.95 Å². The van der Waals surface area contributed by atoms with Crippen molar-refractivity contribution >= 4 is 5.95 Å². The number of rotatable bonds is 5. The van der Waals surface area contributed by atoms with Gasteiger partial charge in [0.2, 0.25) is 5.95 Å². The molecule has 2 heterocycles. The zero-order valence-corrected chi connectivity index (χ0v) is 13.0. The van der Waals surface area contributed by atoms with E-state index in [0.29, 0.717) is 0 Å². The van der Waals surface area contributed by atoms with Gasteiger partial charge in [-0.15, -0.1) is 0 Å². The van der Waals surface area contributed by atoms with Crippen LogP contribution in [0.2, 0.25) is 0 Å². The number of aryl methyl sites for hydroxylation is 1. The fraction of sp³-hybridized carbons (Fsp3) is 0.750. The Hall–Kier alpha value is -1.20. The quantitative estimate of drug-likeness (QED) is 0.900. The van der Waals surface area contributed by atoms with Gasteiger partial charge in [0.15, 0.2) is 0 Å². The van der Waals surface area contributed by atoms with Crippen molar-refractivity contribution < 1.29 is 4.74 Å². The number of nitrogens with one attached hydrogen (secondary N) is 1. The normalized spacial score (nSPS) is 22.3. The van der Waals surface area contributed by atoms with Crippen LogP contribution >= 0.6 is 0 Å². The van der Waals surface area contributed by atoms with Crippen LogP contribution in [0.1, 0.15) is 38.2 Å². The predicted octanol–water partition coefficient (Wildman–Crippen LogP) is 2.10. The molecule has 0 bridgehead atoms. The van der Waals surface area contributed by atoms with Crippen LogP contribution in [0.15, 0.2) is 12.4 Å². The molecule has 1 aliphatic carbocycles. The van der Waals surface area contributed by atoms with Gasteiger partial charge in [0.1, 0.15) is 0 Å². The molecular weight excluding hydrogens is 264 g/mol. The lowest BCUT2D eigenvalue weighted by Gasteiger charge is -2.43. The van der Waals surface area contributed by atoms with E-state index >= 15 is 0 Å². The minimum atomic E-state index is 0.274. The molecule has 0 radical (unpaired) electrons. The van der Waals surface area contributed by atoms with Crippen molar-refractivity contribution in [3.05, 3.63) is 18.0 Å². The minimum Gasteiger partial charge on any atom is -0.379 e. The number of hydrogen-bond acceptors (Lipinski definition) is 5. The summed E-state index contributed by atoms with van der Waals surface area (Å²) in [5.74, 6) is 0.756. The summed E-state index contributed by atoms with van der Waals surface area (Å²) in [7, 11) is 0. The topological polar surface area (TPSA) is 50.3 Å². The van der Waals surface area contributed by atoms with Crippen LogP contribution in [-0.2, 0) is 11.2 Å². The molecular formula is C16H26N4O. The molecule has 2 aliphatic rings. The summed E-state index contributed by atoms with van der Waals surface area (Å²) in [6, 6.07) is 0. The average molecular weight is 290 g/mol. The molecule has 3 rings (SSSR count). The highest BCUT2D eigenvalue weighted by Gasteiger charge is 2.40. The highest BCUT2D eigenvalue weighted by Crippen LogP contribution is 2.35. The summed E-state index contributed by atoms with van der Waals surface area (Å²) in [6.07, 6.45) is 10.0. The van der Waals surface area contributed by atoms with Crippen molar-refractivity contribution in [2.75, 3.05) is 38.2 Å². The first kappa shape index (κ1) is 14.7. The second kappa shape index (κ2) is 6.71. The fourth-order valence-corrected chi connectivity index (χ4v) is 3.55. The molecule has 116 valence electrons. The molecule has 1 aromatic rings. The summed E-state index contributed by atoms with van der Waals surface area (Å²) in [6.45, 7) is 6.90. The first-order valence-electron chi connectivity index (χ1n) is 8.20. The number of aromatic nitrogens is 2. The highest BCUT2D eigenvalue weighted by molar-refractivity contribution is 5.26. The zero-order chi connectivity index (χ0) is 14.5. The number of hydrogen-bond donors (Lipinski definition) is 1. The van der Waals surface area contributed by atoms with E-state index in [0.717, 1.165) is 45.2 Å². The van der Waals surface area contributed by atoms with E-state index in [4.69, 9.17) is 4.74 Å². The van der Waals surface area contributed by atoms with Gasteiger partial charge in [-0.25, -0.2) is 9.97 Å². The molecule has 21 heavy (non-hydrogen) atoms. The molecule has 1 aliphatic heterocycles. The molecule has 1 saturated heterocycles. The molecule has 1 saturated carbocycles. The molecule has 0 aromatic carbocycles. The van der Waals surface area contributed by atoms with Crippen LogP contribution in [0.5, 0.6) is 0 Å². The number of ether oxygens (including phenoxy) is 1. The van der Waals surface area contributed by atoms with Gasteiger partial charge >= 0.3 is 0 Å². The van der Waals surface area contributed by atoms with E-state index in [9.17, 15) is 0 Å². The Bertz CT molecular complexity index is 436. The fourth-order valence-electron chi connectivity index (χ4n) is 3.55. The van der Waals surface area contributed by atoms with E-state index in [-0.39, 0.29) is 5.54 Å². The predicted molar refractivity (Wildman–Crippen MR) is 83.5 cm³/mol. The van der Waals surface area contributed by atoms with Crippen molar-refractivity contribution in [3.63, 3.8) is 0 Å². The lowest BCUT2D eigenvalue weighted by atomic mass is 9.94. The summed E-state index contributed by atoms with van der Waals surface area (Å²) >= 11 is 0. The van der Waals surface area contributed by atoms with E-state index in [1.165, 1.54) is 31.2 Å². The summed E-state index contributed by atoms with van der Waals surface area (Å²) < 4.78 is 5.51. The van der Waals surface area contributed by atoms with Gasteiger partial charge in [-0.2, -0.15) is 0 Å². The molecule has 0 amide bonds. The molecule has 0 unspecified atom stereocenters. The second-order valence-electron chi connectivity index (χ2n) is 6.15. The third kappa shape index (κ3) is 3.35. The van der Waals surface area contributed by atoms with Crippen molar-refractivity contribution in [1.82, 2.24) is 14.9 Å². The average Bonchev–Trinajstić information content (AvgIpc) is 3.04. The number of nitrogens with zero attached hydrogens (tertiary/aromatic N) is 3. The largest absolute Gasteiger partial charge is 0.379 e. The second-order valence-corrected chi connectivity index (χ2v) is 6.15. The third-order valence-corrected chi connectivity index (χ3v) is 4.91. The molecule has 1 N–H and O–H groups in total. The van der Waals surface area contributed by atoms with Gasteiger partial charge in [0.05, 0.1) is 13.2 Å². The molecule has 0 spiro atoms. The molecule has 5 heteroatoms. The first-order chi connectivity index (χ1) is 10.3. The van der Waals surface area contributed by atoms with Crippen molar-refractivity contribution in [2.24, 2.45) is 0 Å². The maximum atomic E-state index is 5.51. The van der Waals surface area contributed by atoms with Crippen molar-refractivity contribution in [3.8, 4) is 0 Å². The van der Waals surface area contributed by atoms with Crippen LogP contribution in [0, 0.1) is 0 Å². The smallest absolute Gasteiger partial charge is 0.222 e. The number of morpholine rings is 1. The molecule has 5 nitrogen and oxygen atoms in total. The van der Waals surface area contributed by atoms with Crippen LogP contribution in [0.25, 0.3) is 0 Å². The third-order valence-electron chi connectivity index (χ3n) is 4.91. The monoisotopic (exact) mass is 290 g/mol. The SMILES string of the molecule is CCc1cnc(NCC2(N3CCOCC3)CCCC2)nc1. The first-order valence-corrected chi connectivity index (χ1v) is 8.20. The maximum absolute atomic E-state index is 5.51.